The molecule has 0 aromatic heterocycles. The zero-order valence-electron chi connectivity index (χ0n) is 12.2. The van der Waals surface area contributed by atoms with E-state index in [1.54, 1.807) is 0 Å². The summed E-state index contributed by atoms with van der Waals surface area (Å²) in [6.45, 7) is 7.55. The Hall–Kier alpha value is -0.120. The number of hydrogen-bond donors (Lipinski definition) is 1. The molecule has 1 N–H and O–H groups in total. The maximum Gasteiger partial charge on any atom is 0.0593 e. The molecule has 0 amide bonds. The maximum absolute atomic E-state index is 5.70. The number of rotatable bonds is 11. The summed E-state index contributed by atoms with van der Waals surface area (Å²) in [5.41, 5.74) is 0. The van der Waals surface area contributed by atoms with Crippen LogP contribution in [0.15, 0.2) is 0 Å². The van der Waals surface area contributed by atoms with Crippen molar-refractivity contribution in [1.82, 2.24) is 10.2 Å². The molecule has 0 heterocycles. The molecule has 0 aromatic rings. The van der Waals surface area contributed by atoms with Crippen molar-refractivity contribution in [3.05, 3.63) is 0 Å². The van der Waals surface area contributed by atoms with Crippen LogP contribution in [0.25, 0.3) is 0 Å². The minimum Gasteiger partial charge on any atom is -0.380 e. The van der Waals surface area contributed by atoms with Gasteiger partial charge in [0.15, 0.2) is 0 Å². The Kier molecular flexibility index (Phi) is 5.93. The summed E-state index contributed by atoms with van der Waals surface area (Å²) in [5.74, 6) is 1.83. The molecule has 3 nitrogen and oxygen atoms in total. The number of nitrogens with zero attached hydrogens (tertiary/aromatic N) is 1. The second-order valence-corrected chi connectivity index (χ2v) is 6.18. The standard InChI is InChI=1S/C15H30N2O/c1-3-8-16-15(14-6-7-14)11-17(2)9-10-18-12-13-4-5-13/h13-16H,3-12H2,1-2H3. The predicted octanol–water partition coefficient (Wildman–Crippen LogP) is 2.12. The maximum atomic E-state index is 5.70. The molecule has 2 saturated carbocycles. The minimum absolute atomic E-state index is 0.707. The van der Waals surface area contributed by atoms with Crippen LogP contribution in [0.4, 0.5) is 0 Å². The van der Waals surface area contributed by atoms with Crippen molar-refractivity contribution >= 4 is 0 Å². The van der Waals surface area contributed by atoms with Crippen LogP contribution in [0.1, 0.15) is 39.0 Å². The quantitative estimate of drug-likeness (QED) is 0.572. The SMILES string of the molecule is CCCNC(CN(C)CCOCC1CC1)C1CC1. The Morgan fingerprint density at radius 2 is 2.06 bits per heavy atom. The number of hydrogen-bond acceptors (Lipinski definition) is 3. The van der Waals surface area contributed by atoms with E-state index in [0.717, 1.165) is 38.1 Å². The first-order valence-corrected chi connectivity index (χ1v) is 7.79. The highest BCUT2D eigenvalue weighted by Crippen LogP contribution is 2.33. The van der Waals surface area contributed by atoms with Gasteiger partial charge in [-0.2, -0.15) is 0 Å². The second-order valence-electron chi connectivity index (χ2n) is 6.18. The fourth-order valence-electron chi connectivity index (χ4n) is 2.39. The van der Waals surface area contributed by atoms with Gasteiger partial charge in [-0.25, -0.2) is 0 Å². The highest BCUT2D eigenvalue weighted by molar-refractivity contribution is 4.88. The zero-order chi connectivity index (χ0) is 12.8. The fraction of sp³-hybridized carbons (Fsp3) is 1.00. The Labute approximate surface area is 112 Å². The van der Waals surface area contributed by atoms with Crippen LogP contribution in [0, 0.1) is 11.8 Å². The van der Waals surface area contributed by atoms with Gasteiger partial charge >= 0.3 is 0 Å². The first-order valence-electron chi connectivity index (χ1n) is 7.79. The van der Waals surface area contributed by atoms with E-state index in [-0.39, 0.29) is 0 Å². The van der Waals surface area contributed by atoms with E-state index in [0.29, 0.717) is 6.04 Å². The topological polar surface area (TPSA) is 24.5 Å². The molecule has 3 heteroatoms. The summed E-state index contributed by atoms with van der Waals surface area (Å²) in [5, 5.41) is 3.70. The van der Waals surface area contributed by atoms with E-state index in [9.17, 15) is 0 Å². The van der Waals surface area contributed by atoms with Crippen molar-refractivity contribution < 1.29 is 4.74 Å². The van der Waals surface area contributed by atoms with Crippen LogP contribution >= 0.6 is 0 Å². The number of nitrogens with one attached hydrogen (secondary N) is 1. The lowest BCUT2D eigenvalue weighted by atomic mass is 10.1. The first-order chi connectivity index (χ1) is 8.79. The molecule has 0 saturated heterocycles. The summed E-state index contributed by atoms with van der Waals surface area (Å²) >= 11 is 0. The average molecular weight is 254 g/mol. The number of likely N-dealkylation sites (N-methyl/N-ethyl adjacent to an activating group) is 1. The lowest BCUT2D eigenvalue weighted by Gasteiger charge is -2.25. The molecule has 0 aliphatic heterocycles. The van der Waals surface area contributed by atoms with Gasteiger partial charge in [-0.15, -0.1) is 0 Å². The van der Waals surface area contributed by atoms with Crippen LogP contribution < -0.4 is 5.32 Å². The van der Waals surface area contributed by atoms with Gasteiger partial charge in [0, 0.05) is 25.7 Å². The highest BCUT2D eigenvalue weighted by atomic mass is 16.5. The van der Waals surface area contributed by atoms with Gasteiger partial charge < -0.3 is 15.0 Å². The third-order valence-electron chi connectivity index (χ3n) is 4.02. The molecule has 2 aliphatic rings. The van der Waals surface area contributed by atoms with Gasteiger partial charge in [-0.1, -0.05) is 6.92 Å². The van der Waals surface area contributed by atoms with Crippen LogP contribution in [-0.4, -0.2) is 50.8 Å². The molecule has 2 rings (SSSR count). The molecule has 0 spiro atoms. The third kappa shape index (κ3) is 5.68. The molecular weight excluding hydrogens is 224 g/mol. The summed E-state index contributed by atoms with van der Waals surface area (Å²) in [4.78, 5) is 2.43. The molecule has 1 unspecified atom stereocenters. The molecule has 106 valence electrons. The minimum atomic E-state index is 0.707. The molecule has 18 heavy (non-hydrogen) atoms. The van der Waals surface area contributed by atoms with E-state index < -0.39 is 0 Å². The molecular formula is C15H30N2O. The number of ether oxygens (including phenoxy) is 1. The van der Waals surface area contributed by atoms with Gasteiger partial charge in [-0.3, -0.25) is 0 Å². The Balaban J connectivity index is 1.53. The van der Waals surface area contributed by atoms with Crippen LogP contribution in [0.3, 0.4) is 0 Å². The Morgan fingerprint density at radius 1 is 1.28 bits per heavy atom. The third-order valence-corrected chi connectivity index (χ3v) is 4.02. The first kappa shape index (κ1) is 14.3. The Morgan fingerprint density at radius 3 is 2.67 bits per heavy atom. The summed E-state index contributed by atoms with van der Waals surface area (Å²) in [6, 6.07) is 0.707. The monoisotopic (exact) mass is 254 g/mol. The molecule has 0 bridgehead atoms. The molecule has 0 aromatic carbocycles. The zero-order valence-corrected chi connectivity index (χ0v) is 12.2. The van der Waals surface area contributed by atoms with Crippen LogP contribution in [-0.2, 0) is 4.74 Å². The molecule has 0 radical (unpaired) electrons. The van der Waals surface area contributed by atoms with Gasteiger partial charge in [0.2, 0.25) is 0 Å². The summed E-state index contributed by atoms with van der Waals surface area (Å²) in [6.07, 6.45) is 6.86. The van der Waals surface area contributed by atoms with Crippen molar-refractivity contribution in [2.24, 2.45) is 11.8 Å². The van der Waals surface area contributed by atoms with Crippen molar-refractivity contribution in [2.75, 3.05) is 39.9 Å². The predicted molar refractivity (Wildman–Crippen MR) is 75.8 cm³/mol. The van der Waals surface area contributed by atoms with E-state index >= 15 is 0 Å². The second kappa shape index (κ2) is 7.46. The fourth-order valence-corrected chi connectivity index (χ4v) is 2.39. The van der Waals surface area contributed by atoms with Crippen LogP contribution in [0.2, 0.25) is 0 Å². The van der Waals surface area contributed by atoms with Gasteiger partial charge in [0.25, 0.3) is 0 Å². The van der Waals surface area contributed by atoms with Crippen molar-refractivity contribution in [1.29, 1.82) is 0 Å². The van der Waals surface area contributed by atoms with E-state index in [2.05, 4.69) is 24.2 Å². The molecule has 2 aliphatic carbocycles. The lowest BCUT2D eigenvalue weighted by Crippen LogP contribution is -2.42. The normalized spacial score (nSPS) is 21.5. The van der Waals surface area contributed by atoms with E-state index in [1.165, 1.54) is 38.6 Å². The van der Waals surface area contributed by atoms with Gasteiger partial charge in [-0.05, 0) is 57.5 Å². The van der Waals surface area contributed by atoms with Crippen molar-refractivity contribution in [3.8, 4) is 0 Å². The average Bonchev–Trinajstić information content (AvgIpc) is 3.22. The van der Waals surface area contributed by atoms with Gasteiger partial charge in [0.1, 0.15) is 0 Å². The summed E-state index contributed by atoms with van der Waals surface area (Å²) < 4.78 is 5.70. The highest BCUT2D eigenvalue weighted by Gasteiger charge is 2.31. The van der Waals surface area contributed by atoms with E-state index in [4.69, 9.17) is 4.74 Å². The van der Waals surface area contributed by atoms with E-state index in [1.807, 2.05) is 0 Å². The van der Waals surface area contributed by atoms with Crippen molar-refractivity contribution in [2.45, 2.75) is 45.1 Å². The van der Waals surface area contributed by atoms with Crippen LogP contribution in [0.5, 0.6) is 0 Å². The van der Waals surface area contributed by atoms with Crippen molar-refractivity contribution in [3.63, 3.8) is 0 Å². The van der Waals surface area contributed by atoms with Gasteiger partial charge in [0.05, 0.1) is 6.61 Å². The largest absolute Gasteiger partial charge is 0.380 e. The lowest BCUT2D eigenvalue weighted by molar-refractivity contribution is 0.0999. The molecule has 1 atom stereocenters. The Bertz CT molecular complexity index is 227. The smallest absolute Gasteiger partial charge is 0.0593 e. The summed E-state index contributed by atoms with van der Waals surface area (Å²) in [7, 11) is 2.23. The molecule has 2 fully saturated rings.